The molecule has 3 aliphatic heterocycles. The number of esters is 2. The highest BCUT2D eigenvalue weighted by atomic mass is 16.6. The lowest BCUT2D eigenvalue weighted by atomic mass is 9.61. The van der Waals surface area contributed by atoms with Crippen molar-refractivity contribution in [2.24, 2.45) is 23.2 Å². The predicted molar refractivity (Wildman–Crippen MR) is 145 cm³/mol. The van der Waals surface area contributed by atoms with Crippen LogP contribution in [0.3, 0.4) is 0 Å². The molecule has 8 heteroatoms. The van der Waals surface area contributed by atoms with Crippen LogP contribution in [-0.2, 0) is 19.1 Å². The van der Waals surface area contributed by atoms with Gasteiger partial charge >= 0.3 is 11.9 Å². The molecule has 0 atom stereocenters. The molecule has 0 spiro atoms. The van der Waals surface area contributed by atoms with Crippen LogP contribution in [0.4, 0.5) is 0 Å². The fourth-order valence-corrected chi connectivity index (χ4v) is 6.78. The van der Waals surface area contributed by atoms with Gasteiger partial charge in [0, 0.05) is 11.8 Å². The summed E-state index contributed by atoms with van der Waals surface area (Å²) >= 11 is 0. The Morgan fingerprint density at radius 2 is 0.919 bits per heavy atom. The molecule has 3 aliphatic rings. The average Bonchev–Trinajstić information content (AvgIpc) is 2.84. The van der Waals surface area contributed by atoms with E-state index in [-0.39, 0.29) is 30.6 Å². The second-order valence-corrected chi connectivity index (χ2v) is 13.3. The van der Waals surface area contributed by atoms with E-state index < -0.39 is 34.2 Å². The fraction of sp³-hybridized carbons (Fsp3) is 0.931. The first kappa shape index (κ1) is 30.3. The highest BCUT2D eigenvalue weighted by molar-refractivity contribution is 5.76. The van der Waals surface area contributed by atoms with Crippen LogP contribution in [0.5, 0.6) is 0 Å². The van der Waals surface area contributed by atoms with Gasteiger partial charge in [-0.1, -0.05) is 13.8 Å². The number of carbonyl (C=O) groups excluding carboxylic acids is 2. The Balaban J connectivity index is 1.76. The number of rotatable bonds is 10. The third kappa shape index (κ3) is 7.68. The van der Waals surface area contributed by atoms with E-state index in [9.17, 15) is 14.7 Å². The number of aliphatic hydroxyl groups is 1. The zero-order valence-corrected chi connectivity index (χ0v) is 24.2. The molecular weight excluding hydrogens is 470 g/mol. The normalized spacial score (nSPS) is 22.0. The van der Waals surface area contributed by atoms with Crippen molar-refractivity contribution in [3.63, 3.8) is 0 Å². The van der Waals surface area contributed by atoms with Crippen LogP contribution in [0.2, 0.25) is 0 Å². The fourth-order valence-electron chi connectivity index (χ4n) is 6.78. The summed E-state index contributed by atoms with van der Waals surface area (Å²) < 4.78 is 12.1. The second kappa shape index (κ2) is 12.3. The SMILES string of the molecule is CC(C)(OC(=O)CC(O)(CC(=O)OC(C)(C)C1CCNCC1)C(C)(C)C1CCNCC1)C1CCNCC1. The zero-order chi connectivity index (χ0) is 27.3. The van der Waals surface area contributed by atoms with Crippen molar-refractivity contribution in [2.45, 2.75) is 110 Å². The van der Waals surface area contributed by atoms with E-state index in [0.717, 1.165) is 77.8 Å². The van der Waals surface area contributed by atoms with Crippen molar-refractivity contribution in [3.05, 3.63) is 0 Å². The third-order valence-corrected chi connectivity index (χ3v) is 9.83. The van der Waals surface area contributed by atoms with Gasteiger partial charge in [0.25, 0.3) is 0 Å². The molecule has 0 amide bonds. The minimum Gasteiger partial charge on any atom is -0.459 e. The highest BCUT2D eigenvalue weighted by Gasteiger charge is 2.52. The number of hydrogen-bond acceptors (Lipinski definition) is 8. The number of carbonyl (C=O) groups is 2. The molecule has 0 radical (unpaired) electrons. The van der Waals surface area contributed by atoms with E-state index in [1.807, 2.05) is 41.5 Å². The van der Waals surface area contributed by atoms with Crippen molar-refractivity contribution in [2.75, 3.05) is 39.3 Å². The first-order chi connectivity index (χ1) is 17.3. The first-order valence-corrected chi connectivity index (χ1v) is 14.5. The second-order valence-electron chi connectivity index (χ2n) is 13.3. The lowest BCUT2D eigenvalue weighted by Crippen LogP contribution is -2.55. The van der Waals surface area contributed by atoms with E-state index >= 15 is 0 Å². The summed E-state index contributed by atoms with van der Waals surface area (Å²) in [6, 6.07) is 0. The Bertz CT molecular complexity index is 718. The van der Waals surface area contributed by atoms with Crippen LogP contribution >= 0.6 is 0 Å². The third-order valence-electron chi connectivity index (χ3n) is 9.83. The van der Waals surface area contributed by atoms with Gasteiger partial charge in [0.15, 0.2) is 0 Å². The predicted octanol–water partition coefficient (Wildman–Crippen LogP) is 3.17. The van der Waals surface area contributed by atoms with Crippen LogP contribution in [-0.4, -0.2) is 73.1 Å². The molecule has 0 aromatic carbocycles. The molecule has 37 heavy (non-hydrogen) atoms. The Hall–Kier alpha value is -1.22. The standard InChI is InChI=1S/C29H53N3O5/c1-26(2,21-7-13-30-14-8-21)29(35,19-24(33)36-27(3,4)22-9-15-31-16-10-22)20-25(34)37-28(5,6)23-11-17-32-18-12-23/h21-23,30-32,35H,7-20H2,1-6H3. The molecule has 8 nitrogen and oxygen atoms in total. The molecule has 214 valence electrons. The summed E-state index contributed by atoms with van der Waals surface area (Å²) in [4.78, 5) is 26.8. The van der Waals surface area contributed by atoms with Gasteiger partial charge in [-0.15, -0.1) is 0 Å². The summed E-state index contributed by atoms with van der Waals surface area (Å²) in [6.07, 6.45) is 5.13. The van der Waals surface area contributed by atoms with Crippen LogP contribution in [0.1, 0.15) is 92.9 Å². The molecule has 0 bridgehead atoms. The molecule has 3 heterocycles. The molecule has 0 aromatic rings. The summed E-state index contributed by atoms with van der Waals surface area (Å²) in [5, 5.41) is 22.3. The number of ether oxygens (including phenoxy) is 2. The summed E-state index contributed by atoms with van der Waals surface area (Å²) in [5.74, 6) is -0.191. The highest BCUT2D eigenvalue weighted by Crippen LogP contribution is 2.47. The first-order valence-electron chi connectivity index (χ1n) is 14.5. The van der Waals surface area contributed by atoms with Crippen molar-refractivity contribution < 1.29 is 24.2 Å². The molecule has 3 fully saturated rings. The van der Waals surface area contributed by atoms with E-state index in [4.69, 9.17) is 9.47 Å². The maximum atomic E-state index is 13.4. The smallest absolute Gasteiger partial charge is 0.309 e. The molecule has 0 saturated carbocycles. The molecule has 0 aliphatic carbocycles. The quantitative estimate of drug-likeness (QED) is 0.324. The van der Waals surface area contributed by atoms with Gasteiger partial charge in [-0.3, -0.25) is 9.59 Å². The van der Waals surface area contributed by atoms with Gasteiger partial charge in [0.1, 0.15) is 11.2 Å². The minimum absolute atomic E-state index is 0.175. The van der Waals surface area contributed by atoms with Crippen molar-refractivity contribution in [1.29, 1.82) is 0 Å². The lowest BCUT2D eigenvalue weighted by molar-refractivity contribution is -0.188. The Morgan fingerprint density at radius 1 is 0.622 bits per heavy atom. The van der Waals surface area contributed by atoms with Gasteiger partial charge in [-0.25, -0.2) is 0 Å². The maximum absolute atomic E-state index is 13.4. The number of nitrogens with one attached hydrogen (secondary N) is 3. The van der Waals surface area contributed by atoms with Gasteiger partial charge in [-0.2, -0.15) is 0 Å². The lowest BCUT2D eigenvalue weighted by Gasteiger charge is -2.49. The molecular formula is C29H53N3O5. The van der Waals surface area contributed by atoms with Crippen LogP contribution in [0, 0.1) is 23.2 Å². The topological polar surface area (TPSA) is 109 Å². The van der Waals surface area contributed by atoms with E-state index in [2.05, 4.69) is 16.0 Å². The van der Waals surface area contributed by atoms with E-state index in [0.29, 0.717) is 0 Å². The van der Waals surface area contributed by atoms with Crippen LogP contribution in [0.25, 0.3) is 0 Å². The monoisotopic (exact) mass is 523 g/mol. The summed E-state index contributed by atoms with van der Waals surface area (Å²) in [6.45, 7) is 17.2. The molecule has 3 saturated heterocycles. The van der Waals surface area contributed by atoms with Gasteiger partial charge in [0.2, 0.25) is 0 Å². The number of hydrogen-bond donors (Lipinski definition) is 4. The Morgan fingerprint density at radius 3 is 1.24 bits per heavy atom. The molecule has 4 N–H and O–H groups in total. The van der Waals surface area contributed by atoms with Crippen LogP contribution in [0.15, 0.2) is 0 Å². The van der Waals surface area contributed by atoms with Crippen molar-refractivity contribution in [3.8, 4) is 0 Å². The number of piperidine rings is 3. The zero-order valence-electron chi connectivity index (χ0n) is 24.2. The summed E-state index contributed by atoms with van der Waals surface area (Å²) in [5.41, 5.74) is -3.50. The van der Waals surface area contributed by atoms with Crippen molar-refractivity contribution >= 4 is 11.9 Å². The molecule has 0 aromatic heterocycles. The molecule has 0 unspecified atom stereocenters. The van der Waals surface area contributed by atoms with E-state index in [1.54, 1.807) is 0 Å². The molecule has 3 rings (SSSR count). The minimum atomic E-state index is -1.57. The van der Waals surface area contributed by atoms with Gasteiger partial charge in [-0.05, 0) is 117 Å². The largest absolute Gasteiger partial charge is 0.459 e. The van der Waals surface area contributed by atoms with E-state index in [1.165, 1.54) is 0 Å². The van der Waals surface area contributed by atoms with Gasteiger partial charge in [0.05, 0.1) is 18.4 Å². The maximum Gasteiger partial charge on any atom is 0.309 e. The Kier molecular flexibility index (Phi) is 10.1. The van der Waals surface area contributed by atoms with Crippen molar-refractivity contribution in [1.82, 2.24) is 16.0 Å². The van der Waals surface area contributed by atoms with Gasteiger partial charge < -0.3 is 30.5 Å². The Labute approximate surface area is 224 Å². The summed E-state index contributed by atoms with van der Waals surface area (Å²) in [7, 11) is 0. The van der Waals surface area contributed by atoms with Crippen LogP contribution < -0.4 is 16.0 Å². The average molecular weight is 524 g/mol.